The number of nitrogens with one attached hydrogen (secondary N) is 2. The van der Waals surface area contributed by atoms with E-state index in [1.165, 1.54) is 6.21 Å². The minimum absolute atomic E-state index is 0.270. The van der Waals surface area contributed by atoms with E-state index in [2.05, 4.69) is 15.8 Å². The number of rotatable bonds is 9. The van der Waals surface area contributed by atoms with Gasteiger partial charge in [-0.05, 0) is 80.1 Å². The van der Waals surface area contributed by atoms with Crippen molar-refractivity contribution in [2.24, 2.45) is 5.10 Å². The van der Waals surface area contributed by atoms with Gasteiger partial charge in [0.2, 0.25) is 0 Å². The third kappa shape index (κ3) is 7.39. The van der Waals surface area contributed by atoms with Crippen molar-refractivity contribution in [1.29, 1.82) is 0 Å². The Bertz CT molecular complexity index is 1500. The lowest BCUT2D eigenvalue weighted by Crippen LogP contribution is -2.18. The van der Waals surface area contributed by atoms with Gasteiger partial charge in [-0.15, -0.1) is 0 Å². The van der Waals surface area contributed by atoms with E-state index in [4.69, 9.17) is 9.47 Å². The standard InChI is InChI=1S/C31H27N3O5/c1-3-38-28-18-22(14-17-27(28)39-31(37)24-8-5-4-6-9-24)20-32-34-30(36)25-10-7-11-26(19-25)33-29(35)23-15-12-21(2)13-16-23/h4-20H,3H2,1-2H3,(H,33,35)(H,34,36). The number of hydrazone groups is 1. The molecule has 39 heavy (non-hydrogen) atoms. The predicted molar refractivity (Wildman–Crippen MR) is 150 cm³/mol. The monoisotopic (exact) mass is 521 g/mol. The molecular weight excluding hydrogens is 494 g/mol. The highest BCUT2D eigenvalue weighted by atomic mass is 16.6. The fourth-order valence-electron chi connectivity index (χ4n) is 3.57. The van der Waals surface area contributed by atoms with Crippen LogP contribution in [0.1, 0.15) is 49.1 Å². The van der Waals surface area contributed by atoms with Gasteiger partial charge in [-0.25, -0.2) is 10.2 Å². The largest absolute Gasteiger partial charge is 0.490 e. The number of ether oxygens (including phenoxy) is 2. The maximum Gasteiger partial charge on any atom is 0.343 e. The fraction of sp³-hybridized carbons (Fsp3) is 0.0968. The van der Waals surface area contributed by atoms with E-state index in [0.717, 1.165) is 5.56 Å². The molecule has 4 aromatic carbocycles. The molecule has 0 fully saturated rings. The summed E-state index contributed by atoms with van der Waals surface area (Å²) in [5.41, 5.74) is 5.91. The van der Waals surface area contributed by atoms with Crippen molar-refractivity contribution >= 4 is 29.7 Å². The fourth-order valence-corrected chi connectivity index (χ4v) is 3.57. The Balaban J connectivity index is 1.39. The summed E-state index contributed by atoms with van der Waals surface area (Å²) in [6, 6.07) is 27.4. The SMILES string of the molecule is CCOc1cc(C=NNC(=O)c2cccc(NC(=O)c3ccc(C)cc3)c2)ccc1OC(=O)c1ccccc1. The maximum atomic E-state index is 12.6. The number of carbonyl (C=O) groups excluding carboxylic acids is 3. The summed E-state index contributed by atoms with van der Waals surface area (Å²) >= 11 is 0. The molecule has 0 aliphatic rings. The summed E-state index contributed by atoms with van der Waals surface area (Å²) < 4.78 is 11.1. The van der Waals surface area contributed by atoms with Crippen LogP contribution in [0.4, 0.5) is 5.69 Å². The zero-order valence-electron chi connectivity index (χ0n) is 21.5. The zero-order chi connectivity index (χ0) is 27.6. The Morgan fingerprint density at radius 3 is 2.26 bits per heavy atom. The van der Waals surface area contributed by atoms with Gasteiger partial charge in [-0.1, -0.05) is 42.0 Å². The minimum Gasteiger partial charge on any atom is -0.490 e. The molecule has 4 rings (SSSR count). The summed E-state index contributed by atoms with van der Waals surface area (Å²) in [5.74, 6) is -0.572. The Hall–Kier alpha value is -5.24. The van der Waals surface area contributed by atoms with Crippen molar-refractivity contribution < 1.29 is 23.9 Å². The lowest BCUT2D eigenvalue weighted by atomic mass is 10.1. The van der Waals surface area contributed by atoms with Crippen molar-refractivity contribution in [2.45, 2.75) is 13.8 Å². The summed E-state index contributed by atoms with van der Waals surface area (Å²) in [6.45, 7) is 4.13. The average molecular weight is 522 g/mol. The predicted octanol–water partition coefficient (Wildman–Crippen LogP) is 5.63. The van der Waals surface area contributed by atoms with E-state index in [9.17, 15) is 14.4 Å². The highest BCUT2D eigenvalue weighted by molar-refractivity contribution is 6.05. The Morgan fingerprint density at radius 2 is 1.51 bits per heavy atom. The Morgan fingerprint density at radius 1 is 0.769 bits per heavy atom. The molecule has 0 spiro atoms. The van der Waals surface area contributed by atoms with Crippen molar-refractivity contribution in [2.75, 3.05) is 11.9 Å². The van der Waals surface area contributed by atoms with E-state index in [-0.39, 0.29) is 11.7 Å². The van der Waals surface area contributed by atoms with Gasteiger partial charge in [0.15, 0.2) is 11.5 Å². The van der Waals surface area contributed by atoms with Crippen LogP contribution in [0, 0.1) is 6.92 Å². The first-order valence-corrected chi connectivity index (χ1v) is 12.3. The zero-order valence-corrected chi connectivity index (χ0v) is 21.5. The Labute approximate surface area is 226 Å². The van der Waals surface area contributed by atoms with Crippen LogP contribution in [0.15, 0.2) is 102 Å². The number of amides is 2. The summed E-state index contributed by atoms with van der Waals surface area (Å²) in [5, 5.41) is 6.82. The molecule has 4 aromatic rings. The van der Waals surface area contributed by atoms with Gasteiger partial charge in [0, 0.05) is 16.8 Å². The number of benzene rings is 4. The first kappa shape index (κ1) is 26.8. The highest BCUT2D eigenvalue weighted by Gasteiger charge is 2.13. The number of anilines is 1. The van der Waals surface area contributed by atoms with Crippen LogP contribution in [0.3, 0.4) is 0 Å². The third-order valence-electron chi connectivity index (χ3n) is 5.56. The van der Waals surface area contributed by atoms with Gasteiger partial charge >= 0.3 is 5.97 Å². The first-order chi connectivity index (χ1) is 18.9. The number of hydrogen-bond donors (Lipinski definition) is 2. The molecule has 2 amide bonds. The second kappa shape index (κ2) is 12.8. The maximum absolute atomic E-state index is 12.6. The molecule has 0 heterocycles. The number of hydrogen-bond acceptors (Lipinski definition) is 6. The smallest absolute Gasteiger partial charge is 0.343 e. The van der Waals surface area contributed by atoms with Crippen LogP contribution in [0.25, 0.3) is 0 Å². The molecular formula is C31H27N3O5. The van der Waals surface area contributed by atoms with Crippen molar-refractivity contribution in [3.8, 4) is 11.5 Å². The Kier molecular flexibility index (Phi) is 8.82. The molecule has 0 aromatic heterocycles. The van der Waals surface area contributed by atoms with Crippen LogP contribution in [-0.2, 0) is 0 Å². The van der Waals surface area contributed by atoms with Gasteiger partial charge in [0.05, 0.1) is 18.4 Å². The summed E-state index contributed by atoms with van der Waals surface area (Å²) in [7, 11) is 0. The van der Waals surface area contributed by atoms with E-state index in [1.807, 2.05) is 32.0 Å². The number of nitrogens with zero attached hydrogens (tertiary/aromatic N) is 1. The number of esters is 1. The molecule has 0 saturated heterocycles. The molecule has 2 N–H and O–H groups in total. The van der Waals surface area contributed by atoms with Gasteiger partial charge in [-0.3, -0.25) is 9.59 Å². The number of aryl methyl sites for hydroxylation is 1. The molecule has 0 aliphatic carbocycles. The minimum atomic E-state index is -0.498. The molecule has 8 nitrogen and oxygen atoms in total. The van der Waals surface area contributed by atoms with Crippen molar-refractivity contribution in [1.82, 2.24) is 5.43 Å². The van der Waals surface area contributed by atoms with Gasteiger partial charge in [-0.2, -0.15) is 5.10 Å². The van der Waals surface area contributed by atoms with E-state index in [1.54, 1.807) is 78.9 Å². The molecule has 196 valence electrons. The quantitative estimate of drug-likeness (QED) is 0.129. The van der Waals surface area contributed by atoms with E-state index < -0.39 is 11.9 Å². The summed E-state index contributed by atoms with van der Waals surface area (Å²) in [4.78, 5) is 37.6. The molecule has 8 heteroatoms. The average Bonchev–Trinajstić information content (AvgIpc) is 2.95. The highest BCUT2D eigenvalue weighted by Crippen LogP contribution is 2.29. The lowest BCUT2D eigenvalue weighted by molar-refractivity contribution is 0.0728. The van der Waals surface area contributed by atoms with E-state index in [0.29, 0.717) is 40.3 Å². The molecule has 0 atom stereocenters. The molecule has 0 unspecified atom stereocenters. The lowest BCUT2D eigenvalue weighted by Gasteiger charge is -2.11. The third-order valence-corrected chi connectivity index (χ3v) is 5.56. The van der Waals surface area contributed by atoms with Crippen LogP contribution >= 0.6 is 0 Å². The van der Waals surface area contributed by atoms with Crippen LogP contribution < -0.4 is 20.2 Å². The molecule has 0 bridgehead atoms. The number of carbonyl (C=O) groups is 3. The molecule has 0 aliphatic heterocycles. The van der Waals surface area contributed by atoms with Crippen LogP contribution in [-0.4, -0.2) is 30.6 Å². The van der Waals surface area contributed by atoms with Crippen LogP contribution in [0.5, 0.6) is 11.5 Å². The first-order valence-electron chi connectivity index (χ1n) is 12.3. The topological polar surface area (TPSA) is 106 Å². The normalized spacial score (nSPS) is 10.6. The van der Waals surface area contributed by atoms with E-state index >= 15 is 0 Å². The second-order valence-corrected chi connectivity index (χ2v) is 8.49. The van der Waals surface area contributed by atoms with Crippen molar-refractivity contribution in [3.63, 3.8) is 0 Å². The van der Waals surface area contributed by atoms with Gasteiger partial charge in [0.1, 0.15) is 0 Å². The van der Waals surface area contributed by atoms with Gasteiger partial charge in [0.25, 0.3) is 11.8 Å². The van der Waals surface area contributed by atoms with Crippen molar-refractivity contribution in [3.05, 3.63) is 125 Å². The molecule has 0 saturated carbocycles. The van der Waals surface area contributed by atoms with Crippen LogP contribution in [0.2, 0.25) is 0 Å². The van der Waals surface area contributed by atoms with Gasteiger partial charge < -0.3 is 14.8 Å². The summed E-state index contributed by atoms with van der Waals surface area (Å²) in [6.07, 6.45) is 1.45. The second-order valence-electron chi connectivity index (χ2n) is 8.49. The molecule has 0 radical (unpaired) electrons.